The van der Waals surface area contributed by atoms with E-state index in [0.29, 0.717) is 6.04 Å². The first-order chi connectivity index (χ1) is 9.05. The molecule has 0 atom stereocenters. The smallest absolute Gasteiger partial charge is 0.150 e. The van der Waals surface area contributed by atoms with Gasteiger partial charge in [-0.15, -0.1) is 0 Å². The van der Waals surface area contributed by atoms with E-state index >= 15 is 0 Å². The molecule has 1 aliphatic carbocycles. The van der Waals surface area contributed by atoms with Crippen LogP contribution in [0.1, 0.15) is 25.7 Å². The SMILES string of the molecule is CS(=O)(=O)C1CCC(NCCN2CCOCC2)CC1. The number of hydrogen-bond acceptors (Lipinski definition) is 5. The molecule has 0 spiro atoms. The molecule has 1 heterocycles. The lowest BCUT2D eigenvalue weighted by Crippen LogP contribution is -2.43. The van der Waals surface area contributed by atoms with Crippen LogP contribution in [-0.2, 0) is 14.6 Å². The summed E-state index contributed by atoms with van der Waals surface area (Å²) < 4.78 is 28.3. The van der Waals surface area contributed by atoms with Crippen LogP contribution in [0.5, 0.6) is 0 Å². The molecule has 112 valence electrons. The van der Waals surface area contributed by atoms with Crippen LogP contribution in [0.25, 0.3) is 0 Å². The van der Waals surface area contributed by atoms with Gasteiger partial charge in [-0.1, -0.05) is 0 Å². The molecule has 19 heavy (non-hydrogen) atoms. The van der Waals surface area contributed by atoms with E-state index in [1.54, 1.807) is 0 Å². The average Bonchev–Trinajstić information content (AvgIpc) is 2.39. The molecule has 5 nitrogen and oxygen atoms in total. The summed E-state index contributed by atoms with van der Waals surface area (Å²) in [4.78, 5) is 2.42. The largest absolute Gasteiger partial charge is 0.379 e. The van der Waals surface area contributed by atoms with Crippen molar-refractivity contribution in [2.45, 2.75) is 37.0 Å². The fourth-order valence-electron chi connectivity index (χ4n) is 2.95. The van der Waals surface area contributed by atoms with Crippen LogP contribution >= 0.6 is 0 Å². The van der Waals surface area contributed by atoms with Crippen LogP contribution in [0.3, 0.4) is 0 Å². The topological polar surface area (TPSA) is 58.6 Å². The first-order valence-corrected chi connectivity index (χ1v) is 9.23. The van der Waals surface area contributed by atoms with Gasteiger partial charge in [0.25, 0.3) is 0 Å². The maximum absolute atomic E-state index is 11.5. The first kappa shape index (κ1) is 15.2. The number of nitrogens with one attached hydrogen (secondary N) is 1. The maximum Gasteiger partial charge on any atom is 0.150 e. The highest BCUT2D eigenvalue weighted by molar-refractivity contribution is 7.91. The summed E-state index contributed by atoms with van der Waals surface area (Å²) in [5, 5.41) is 3.46. The van der Waals surface area contributed by atoms with E-state index in [4.69, 9.17) is 4.74 Å². The molecule has 1 N–H and O–H groups in total. The van der Waals surface area contributed by atoms with Crippen molar-refractivity contribution in [2.75, 3.05) is 45.6 Å². The van der Waals surface area contributed by atoms with Crippen LogP contribution in [0.4, 0.5) is 0 Å². The van der Waals surface area contributed by atoms with Crippen molar-refractivity contribution in [3.05, 3.63) is 0 Å². The molecule has 0 radical (unpaired) electrons. The normalized spacial score (nSPS) is 30.4. The Hall–Kier alpha value is -0.170. The van der Waals surface area contributed by atoms with Gasteiger partial charge in [-0.2, -0.15) is 0 Å². The summed E-state index contributed by atoms with van der Waals surface area (Å²) in [5.74, 6) is 0. The minimum Gasteiger partial charge on any atom is -0.379 e. The molecule has 6 heteroatoms. The third kappa shape index (κ3) is 5.02. The van der Waals surface area contributed by atoms with Crippen molar-refractivity contribution in [3.63, 3.8) is 0 Å². The number of morpholine rings is 1. The second-order valence-electron chi connectivity index (χ2n) is 5.71. The van der Waals surface area contributed by atoms with Gasteiger partial charge in [0, 0.05) is 38.5 Å². The Bertz CT molecular complexity index is 358. The molecular formula is C13H26N2O3S. The van der Waals surface area contributed by atoms with Gasteiger partial charge in [0.05, 0.1) is 18.5 Å². The molecule has 0 aromatic carbocycles. The zero-order chi connectivity index (χ0) is 13.7. The zero-order valence-corrected chi connectivity index (χ0v) is 12.6. The standard InChI is InChI=1S/C13H26N2O3S/c1-19(16,17)13-4-2-12(3-5-13)14-6-7-15-8-10-18-11-9-15/h12-14H,2-11H2,1H3. The molecule has 0 amide bonds. The number of hydrogen-bond donors (Lipinski definition) is 1. The summed E-state index contributed by atoms with van der Waals surface area (Å²) in [6, 6.07) is 0.499. The molecule has 0 bridgehead atoms. The summed E-state index contributed by atoms with van der Waals surface area (Å²) in [5.41, 5.74) is 0. The van der Waals surface area contributed by atoms with Crippen LogP contribution in [0.15, 0.2) is 0 Å². The van der Waals surface area contributed by atoms with Gasteiger partial charge in [0.1, 0.15) is 9.84 Å². The molecule has 1 aliphatic heterocycles. The Kier molecular flexibility index (Phi) is 5.62. The van der Waals surface area contributed by atoms with E-state index in [1.807, 2.05) is 0 Å². The highest BCUT2D eigenvalue weighted by Crippen LogP contribution is 2.23. The predicted molar refractivity (Wildman–Crippen MR) is 76.1 cm³/mol. The number of sulfone groups is 1. The van der Waals surface area contributed by atoms with E-state index in [2.05, 4.69) is 10.2 Å². The minimum atomic E-state index is -2.84. The average molecular weight is 290 g/mol. The number of nitrogens with zero attached hydrogens (tertiary/aromatic N) is 1. The summed E-state index contributed by atoms with van der Waals surface area (Å²) in [6.45, 7) is 5.81. The fraction of sp³-hybridized carbons (Fsp3) is 1.00. The summed E-state index contributed by atoms with van der Waals surface area (Å²) in [7, 11) is -2.84. The van der Waals surface area contributed by atoms with Crippen LogP contribution in [0.2, 0.25) is 0 Å². The Morgan fingerprint density at radius 3 is 2.37 bits per heavy atom. The lowest BCUT2D eigenvalue weighted by molar-refractivity contribution is 0.0380. The van der Waals surface area contributed by atoms with Gasteiger partial charge in [-0.25, -0.2) is 8.42 Å². The van der Waals surface area contributed by atoms with Crippen molar-refractivity contribution in [2.24, 2.45) is 0 Å². The molecule has 2 rings (SSSR count). The lowest BCUT2D eigenvalue weighted by Gasteiger charge is -2.30. The highest BCUT2D eigenvalue weighted by atomic mass is 32.2. The Morgan fingerprint density at radius 1 is 1.16 bits per heavy atom. The zero-order valence-electron chi connectivity index (χ0n) is 11.8. The number of rotatable bonds is 5. The van der Waals surface area contributed by atoms with Gasteiger partial charge >= 0.3 is 0 Å². The van der Waals surface area contributed by atoms with E-state index < -0.39 is 9.84 Å². The van der Waals surface area contributed by atoms with Crippen molar-refractivity contribution >= 4 is 9.84 Å². The Morgan fingerprint density at radius 2 is 1.79 bits per heavy atom. The maximum atomic E-state index is 11.5. The van der Waals surface area contributed by atoms with Crippen molar-refractivity contribution in [1.82, 2.24) is 10.2 Å². The third-order valence-corrected chi connectivity index (χ3v) is 5.93. The van der Waals surface area contributed by atoms with Gasteiger partial charge < -0.3 is 10.1 Å². The molecule has 0 aromatic heterocycles. The van der Waals surface area contributed by atoms with Crippen molar-refractivity contribution < 1.29 is 13.2 Å². The molecule has 1 saturated carbocycles. The van der Waals surface area contributed by atoms with Gasteiger partial charge in [0.2, 0.25) is 0 Å². The molecule has 0 unspecified atom stereocenters. The second-order valence-corrected chi connectivity index (χ2v) is 8.04. The summed E-state index contributed by atoms with van der Waals surface area (Å²) >= 11 is 0. The monoisotopic (exact) mass is 290 g/mol. The molecular weight excluding hydrogens is 264 g/mol. The second kappa shape index (κ2) is 7.02. The van der Waals surface area contributed by atoms with Gasteiger partial charge in [-0.3, -0.25) is 4.90 Å². The van der Waals surface area contributed by atoms with Crippen molar-refractivity contribution in [1.29, 1.82) is 0 Å². The van der Waals surface area contributed by atoms with Crippen molar-refractivity contribution in [3.8, 4) is 0 Å². The van der Waals surface area contributed by atoms with E-state index in [1.165, 1.54) is 6.26 Å². The Labute approximate surface area is 116 Å². The van der Waals surface area contributed by atoms with E-state index in [9.17, 15) is 8.42 Å². The Balaban J connectivity index is 1.60. The minimum absolute atomic E-state index is 0.107. The first-order valence-electron chi connectivity index (χ1n) is 7.28. The number of ether oxygens (including phenoxy) is 1. The van der Waals surface area contributed by atoms with E-state index in [0.717, 1.165) is 65.1 Å². The fourth-order valence-corrected chi connectivity index (χ4v) is 4.08. The molecule has 2 fully saturated rings. The highest BCUT2D eigenvalue weighted by Gasteiger charge is 2.27. The predicted octanol–water partition coefficient (Wildman–Crippen LogP) is 0.264. The van der Waals surface area contributed by atoms with Crippen LogP contribution in [0, 0.1) is 0 Å². The quantitative estimate of drug-likeness (QED) is 0.787. The molecule has 0 aromatic rings. The molecule has 2 aliphatic rings. The third-order valence-electron chi connectivity index (χ3n) is 4.24. The lowest BCUT2D eigenvalue weighted by atomic mass is 9.95. The van der Waals surface area contributed by atoms with E-state index in [-0.39, 0.29) is 5.25 Å². The molecule has 1 saturated heterocycles. The van der Waals surface area contributed by atoms with Crippen LogP contribution < -0.4 is 5.32 Å². The van der Waals surface area contributed by atoms with Crippen LogP contribution in [-0.4, -0.2) is 70.3 Å². The van der Waals surface area contributed by atoms with Gasteiger partial charge in [-0.05, 0) is 25.7 Å². The van der Waals surface area contributed by atoms with Gasteiger partial charge in [0.15, 0.2) is 0 Å². The summed E-state index contributed by atoms with van der Waals surface area (Å²) in [6.07, 6.45) is 4.97.